The molecule has 3 aliphatic rings. The Morgan fingerprint density at radius 2 is 2.00 bits per heavy atom. The van der Waals surface area contributed by atoms with E-state index in [1.54, 1.807) is 19.1 Å². The van der Waals surface area contributed by atoms with E-state index >= 15 is 0 Å². The van der Waals surface area contributed by atoms with E-state index in [1.165, 1.54) is 24.7 Å². The van der Waals surface area contributed by atoms with E-state index in [9.17, 15) is 27.9 Å². The maximum absolute atomic E-state index is 12.9. The van der Waals surface area contributed by atoms with Gasteiger partial charge in [0.2, 0.25) is 0 Å². The first-order valence-electron chi connectivity index (χ1n) is 10.1. The number of nitrogens with two attached hydrogens (primary N) is 1. The van der Waals surface area contributed by atoms with Crippen molar-refractivity contribution >= 4 is 57.3 Å². The molecule has 0 aliphatic carbocycles. The highest BCUT2D eigenvalue weighted by molar-refractivity contribution is 8.00. The Morgan fingerprint density at radius 1 is 1.31 bits per heavy atom. The zero-order chi connectivity index (χ0) is 26.2. The Morgan fingerprint density at radius 3 is 2.58 bits per heavy atom. The van der Waals surface area contributed by atoms with Crippen LogP contribution in [0.5, 0.6) is 0 Å². The van der Waals surface area contributed by atoms with Crippen molar-refractivity contribution in [2.45, 2.75) is 23.2 Å². The molecule has 4 rings (SSSR count). The number of β-lactam (4-membered cyclic amide) rings is 1. The summed E-state index contributed by atoms with van der Waals surface area (Å²) in [5.41, 5.74) is 2.93. The van der Waals surface area contributed by atoms with E-state index in [2.05, 4.69) is 15.9 Å². The number of hydrogen-bond acceptors (Lipinski definition) is 13. The number of rotatable bonds is 8. The molecule has 0 aromatic heterocycles. The molecule has 0 saturated carbocycles. The number of carbonyl (C=O) groups is 3. The van der Waals surface area contributed by atoms with Gasteiger partial charge in [-0.1, -0.05) is 27.4 Å². The van der Waals surface area contributed by atoms with Crippen LogP contribution in [-0.2, 0) is 33.5 Å². The van der Waals surface area contributed by atoms with Crippen LogP contribution in [0.25, 0.3) is 0 Å². The number of aryl methyl sites for hydroxylation is 1. The summed E-state index contributed by atoms with van der Waals surface area (Å²) in [6.45, 7) is 1.78. The number of benzene rings is 1. The fraction of sp³-hybridized carbons (Fsp3) is 0.263. The molecule has 1 aromatic rings. The molecule has 0 radical (unpaired) electrons. The smallest absolute Gasteiger partial charge is 0.356 e. The number of carboxylic acids is 1. The van der Waals surface area contributed by atoms with Gasteiger partial charge in [0, 0.05) is 5.41 Å². The highest BCUT2D eigenvalue weighted by Crippen LogP contribution is 2.41. The fourth-order valence-corrected chi connectivity index (χ4v) is 6.27. The fourth-order valence-electron chi connectivity index (χ4n) is 3.44. The van der Waals surface area contributed by atoms with Gasteiger partial charge in [-0.25, -0.2) is 10.6 Å². The summed E-state index contributed by atoms with van der Waals surface area (Å²) in [4.78, 5) is 43.1. The number of thioether (sulfide) groups is 1. The van der Waals surface area contributed by atoms with Gasteiger partial charge in [0.15, 0.2) is 17.2 Å². The normalized spacial score (nSPS) is 22.3. The lowest BCUT2D eigenvalue weighted by atomic mass is 10.0. The van der Waals surface area contributed by atoms with E-state index in [0.29, 0.717) is 0 Å². The third-order valence-electron chi connectivity index (χ3n) is 5.11. The van der Waals surface area contributed by atoms with Crippen LogP contribution in [0.1, 0.15) is 5.56 Å². The van der Waals surface area contributed by atoms with Crippen LogP contribution in [0.15, 0.2) is 56.9 Å². The van der Waals surface area contributed by atoms with Crippen molar-refractivity contribution in [2.24, 2.45) is 11.0 Å². The van der Waals surface area contributed by atoms with E-state index < -0.39 is 50.8 Å². The minimum atomic E-state index is -4.34. The van der Waals surface area contributed by atoms with Gasteiger partial charge in [0.25, 0.3) is 11.8 Å². The maximum Gasteiger partial charge on any atom is 0.356 e. The van der Waals surface area contributed by atoms with Crippen LogP contribution in [0.3, 0.4) is 0 Å². The van der Waals surface area contributed by atoms with E-state index in [1.807, 2.05) is 0 Å². The Bertz CT molecular complexity index is 1310. The number of fused-ring (bicyclic) bond motifs is 1. The first-order chi connectivity index (χ1) is 17.0. The Kier molecular flexibility index (Phi) is 7.19. The second kappa shape index (κ2) is 10.0. The molecular formula is C19H20N6O8S3. The minimum absolute atomic E-state index is 0.161. The van der Waals surface area contributed by atoms with Crippen molar-refractivity contribution in [1.82, 2.24) is 20.2 Å². The Balaban J connectivity index is 1.53. The largest absolute Gasteiger partial charge is 0.476 e. The van der Waals surface area contributed by atoms with Gasteiger partial charge in [-0.3, -0.25) is 19.9 Å². The predicted octanol–water partition coefficient (Wildman–Crippen LogP) is -0.418. The van der Waals surface area contributed by atoms with E-state index in [4.69, 9.17) is 14.9 Å². The lowest BCUT2D eigenvalue weighted by Crippen LogP contribution is -2.71. The number of oxime groups is 1. The summed E-state index contributed by atoms with van der Waals surface area (Å²) in [5.74, 6) is 1.94. The third-order valence-corrected chi connectivity index (χ3v) is 8.29. The van der Waals surface area contributed by atoms with Crippen molar-refractivity contribution in [3.63, 3.8) is 0 Å². The first-order valence-corrected chi connectivity index (χ1v) is 13.4. The molecule has 3 heterocycles. The Labute approximate surface area is 213 Å². The highest BCUT2D eigenvalue weighted by atomic mass is 32.2. The van der Waals surface area contributed by atoms with Crippen LogP contribution in [0, 0.1) is 6.92 Å². The average molecular weight is 557 g/mol. The molecule has 1 saturated heterocycles. The number of hydrazine groups is 2. The molecule has 5 N–H and O–H groups in total. The zero-order valence-corrected chi connectivity index (χ0v) is 21.1. The molecule has 36 heavy (non-hydrogen) atoms. The van der Waals surface area contributed by atoms with Gasteiger partial charge in [0.1, 0.15) is 23.4 Å². The molecule has 1 unspecified atom stereocenters. The number of hydrogen-bond donors (Lipinski definition) is 4. The van der Waals surface area contributed by atoms with Gasteiger partial charge < -0.3 is 19.4 Å². The summed E-state index contributed by atoms with van der Waals surface area (Å²) >= 11 is 2.09. The molecule has 2 amide bonds. The molecule has 1 aromatic carbocycles. The summed E-state index contributed by atoms with van der Waals surface area (Å²) in [6.07, 6.45) is 0. The third kappa shape index (κ3) is 4.87. The minimum Gasteiger partial charge on any atom is -0.476 e. The van der Waals surface area contributed by atoms with Crippen molar-refractivity contribution in [2.75, 3.05) is 12.9 Å². The monoisotopic (exact) mass is 556 g/mol. The topological polar surface area (TPSA) is 193 Å². The van der Waals surface area contributed by atoms with Crippen LogP contribution in [-0.4, -0.2) is 70.7 Å². The molecule has 3 aliphatic heterocycles. The number of carboxylic acid groups (broad SMARTS) is 1. The van der Waals surface area contributed by atoms with E-state index in [-0.39, 0.29) is 22.1 Å². The number of amides is 2. The maximum atomic E-state index is 12.9. The van der Waals surface area contributed by atoms with Crippen molar-refractivity contribution < 1.29 is 36.9 Å². The van der Waals surface area contributed by atoms with Gasteiger partial charge >= 0.3 is 16.1 Å². The molecule has 1 fully saturated rings. The van der Waals surface area contributed by atoms with Crippen LogP contribution in [0.2, 0.25) is 0 Å². The number of carbonyl (C=O) groups excluding carboxylic acids is 2. The molecule has 14 nitrogen and oxygen atoms in total. The second-order valence-electron chi connectivity index (χ2n) is 7.49. The molecule has 17 heteroatoms. The molecule has 192 valence electrons. The quantitative estimate of drug-likeness (QED) is 0.0806. The van der Waals surface area contributed by atoms with Crippen LogP contribution in [0.4, 0.5) is 0 Å². The first kappa shape index (κ1) is 25.8. The Hall–Kier alpha value is -3.25. The standard InChI is InChI=1S/C19H20N6O8S3/c1-9-3-5-10(6-4-9)36(30,31)33-12-8-34-18-14(17(27)24(18)15(12)19(28)29)21-16(26)13(23-32-2)11-7-35-25(20)22-11/h3-7,14,18,22H,8,20H2,1-2H3,(H,21,26)(H,28,29)/b23-13-/t14?,18-/m1/s1. The van der Waals surface area contributed by atoms with Gasteiger partial charge in [-0.05, 0) is 31.0 Å². The van der Waals surface area contributed by atoms with Gasteiger partial charge in [0.05, 0.1) is 11.4 Å². The average Bonchev–Trinajstić information content (AvgIpc) is 3.26. The summed E-state index contributed by atoms with van der Waals surface area (Å²) in [5, 5.41) is 16.6. The predicted molar refractivity (Wildman–Crippen MR) is 128 cm³/mol. The SMILES string of the molecule is CO/N=C(\C(=O)NC1C(=O)N2C(C(=O)O)=C(OS(=O)(=O)c3ccc(C)cc3)CS[C@H]12)C1=CSN(N)N1. The van der Waals surface area contributed by atoms with Crippen molar-refractivity contribution in [3.05, 3.63) is 52.4 Å². The molecule has 2 atom stereocenters. The molecule has 0 spiro atoms. The van der Waals surface area contributed by atoms with Crippen LogP contribution < -0.4 is 16.6 Å². The van der Waals surface area contributed by atoms with Gasteiger partial charge in [-0.15, -0.1) is 11.8 Å². The number of nitrogens with one attached hydrogen (secondary N) is 2. The summed E-state index contributed by atoms with van der Waals surface area (Å²) in [6, 6.07) is 4.71. The number of nitrogens with zero attached hydrogens (tertiary/aromatic N) is 3. The lowest BCUT2D eigenvalue weighted by molar-refractivity contribution is -0.150. The molecule has 0 bridgehead atoms. The van der Waals surface area contributed by atoms with Gasteiger partial charge in [-0.2, -0.15) is 8.42 Å². The molecular weight excluding hydrogens is 536 g/mol. The van der Waals surface area contributed by atoms with Crippen molar-refractivity contribution in [3.8, 4) is 0 Å². The highest BCUT2D eigenvalue weighted by Gasteiger charge is 2.55. The zero-order valence-electron chi connectivity index (χ0n) is 18.7. The van der Waals surface area contributed by atoms with E-state index in [0.717, 1.165) is 38.7 Å². The second-order valence-corrected chi connectivity index (χ2v) is 11.0. The number of aliphatic carboxylic acids is 1. The van der Waals surface area contributed by atoms with Crippen molar-refractivity contribution in [1.29, 1.82) is 0 Å². The lowest BCUT2D eigenvalue weighted by Gasteiger charge is -2.48. The summed E-state index contributed by atoms with van der Waals surface area (Å²) in [7, 11) is -3.11. The summed E-state index contributed by atoms with van der Waals surface area (Å²) < 4.78 is 31.7. The van der Waals surface area contributed by atoms with Crippen LogP contribution >= 0.6 is 23.7 Å².